The maximum Gasteiger partial charge on any atom is 0.0681 e. The van der Waals surface area contributed by atoms with Crippen LogP contribution in [0.3, 0.4) is 0 Å². The number of hydrogen-bond donors (Lipinski definition) is 2. The summed E-state index contributed by atoms with van der Waals surface area (Å²) in [6.07, 6.45) is 6.14. The van der Waals surface area contributed by atoms with Gasteiger partial charge in [-0.05, 0) is 68.2 Å². The summed E-state index contributed by atoms with van der Waals surface area (Å²) in [5, 5.41) is 18.9. The zero-order chi connectivity index (χ0) is 17.4. The van der Waals surface area contributed by atoms with Crippen LogP contribution in [-0.2, 0) is 25.9 Å². The number of rotatable bonds is 9. The second-order valence-corrected chi connectivity index (χ2v) is 7.31. The Balaban J connectivity index is 1.77. The molecule has 0 aliphatic carbocycles. The Morgan fingerprint density at radius 1 is 0.750 bits per heavy atom. The highest BCUT2D eigenvalue weighted by atomic mass is 16.3. The van der Waals surface area contributed by atoms with Crippen molar-refractivity contribution in [3.05, 3.63) is 70.8 Å². The van der Waals surface area contributed by atoms with E-state index in [0.29, 0.717) is 0 Å². The van der Waals surface area contributed by atoms with Crippen molar-refractivity contribution in [3.63, 3.8) is 0 Å². The fraction of sp³-hybridized carbons (Fsp3) is 0.455. The monoisotopic (exact) mass is 326 g/mol. The maximum absolute atomic E-state index is 9.72. The van der Waals surface area contributed by atoms with Gasteiger partial charge in [-0.1, -0.05) is 55.0 Å². The molecule has 2 rings (SSSR count). The number of aliphatic hydroxyl groups excluding tert-OH is 1. The first kappa shape index (κ1) is 18.7. The first-order valence-corrected chi connectivity index (χ1v) is 8.95. The minimum absolute atomic E-state index is 0.107. The standard InChI is InChI=1S/C22H30O2/c1-22(2,24)15-4-3-6-18-9-11-19(12-10-18)13-14-20-7-5-8-21(16-20)17-23/h5,7-12,16,23-24H,3-4,6,13-15,17H2,1-2H3. The highest BCUT2D eigenvalue weighted by molar-refractivity contribution is 5.26. The van der Waals surface area contributed by atoms with Crippen molar-refractivity contribution < 1.29 is 10.2 Å². The lowest BCUT2D eigenvalue weighted by atomic mass is 9.98. The number of unbranched alkanes of at least 4 members (excludes halogenated alkanes) is 1. The molecule has 24 heavy (non-hydrogen) atoms. The lowest BCUT2D eigenvalue weighted by molar-refractivity contribution is 0.0682. The molecule has 2 nitrogen and oxygen atoms in total. The molecule has 0 spiro atoms. The Hall–Kier alpha value is -1.64. The third kappa shape index (κ3) is 6.86. The van der Waals surface area contributed by atoms with Crippen LogP contribution >= 0.6 is 0 Å². The van der Waals surface area contributed by atoms with Crippen LogP contribution in [0.2, 0.25) is 0 Å². The zero-order valence-corrected chi connectivity index (χ0v) is 15.0. The van der Waals surface area contributed by atoms with E-state index in [1.165, 1.54) is 16.7 Å². The van der Waals surface area contributed by atoms with Crippen molar-refractivity contribution in [2.24, 2.45) is 0 Å². The van der Waals surface area contributed by atoms with E-state index in [1.807, 2.05) is 26.0 Å². The highest BCUT2D eigenvalue weighted by Crippen LogP contribution is 2.15. The van der Waals surface area contributed by atoms with Gasteiger partial charge in [0.25, 0.3) is 0 Å². The van der Waals surface area contributed by atoms with Gasteiger partial charge in [0.05, 0.1) is 12.2 Å². The minimum atomic E-state index is -0.544. The van der Waals surface area contributed by atoms with Crippen molar-refractivity contribution in [2.45, 2.75) is 64.6 Å². The molecule has 0 fully saturated rings. The van der Waals surface area contributed by atoms with E-state index in [0.717, 1.165) is 44.1 Å². The lowest BCUT2D eigenvalue weighted by Gasteiger charge is -2.16. The Morgan fingerprint density at radius 3 is 1.96 bits per heavy atom. The van der Waals surface area contributed by atoms with Gasteiger partial charge in [0.2, 0.25) is 0 Å². The molecular weight excluding hydrogens is 296 g/mol. The van der Waals surface area contributed by atoms with Gasteiger partial charge in [-0.3, -0.25) is 0 Å². The van der Waals surface area contributed by atoms with Crippen LogP contribution in [0.25, 0.3) is 0 Å². The summed E-state index contributed by atoms with van der Waals surface area (Å²) in [4.78, 5) is 0. The number of aryl methyl sites for hydroxylation is 3. The van der Waals surface area contributed by atoms with Gasteiger partial charge in [-0.2, -0.15) is 0 Å². The Kier molecular flexibility index (Phi) is 7.01. The highest BCUT2D eigenvalue weighted by Gasteiger charge is 2.10. The van der Waals surface area contributed by atoms with Crippen LogP contribution in [0.4, 0.5) is 0 Å². The molecule has 0 heterocycles. The fourth-order valence-electron chi connectivity index (χ4n) is 2.93. The van der Waals surface area contributed by atoms with Crippen molar-refractivity contribution in [2.75, 3.05) is 0 Å². The second kappa shape index (κ2) is 9.00. The van der Waals surface area contributed by atoms with Crippen molar-refractivity contribution >= 4 is 0 Å². The third-order valence-corrected chi connectivity index (χ3v) is 4.40. The van der Waals surface area contributed by atoms with Gasteiger partial charge in [-0.25, -0.2) is 0 Å². The molecule has 0 unspecified atom stereocenters. The average Bonchev–Trinajstić information content (AvgIpc) is 2.57. The van der Waals surface area contributed by atoms with Gasteiger partial charge < -0.3 is 10.2 Å². The zero-order valence-electron chi connectivity index (χ0n) is 15.0. The summed E-state index contributed by atoms with van der Waals surface area (Å²) >= 11 is 0. The van der Waals surface area contributed by atoms with Crippen LogP contribution in [0.5, 0.6) is 0 Å². The smallest absolute Gasteiger partial charge is 0.0681 e. The van der Waals surface area contributed by atoms with Crippen LogP contribution in [0, 0.1) is 0 Å². The Labute approximate surface area is 146 Å². The molecule has 2 aromatic rings. The predicted molar refractivity (Wildman–Crippen MR) is 100 cm³/mol. The van der Waals surface area contributed by atoms with E-state index in [4.69, 9.17) is 0 Å². The first-order chi connectivity index (χ1) is 11.5. The van der Waals surface area contributed by atoms with Gasteiger partial charge in [0.1, 0.15) is 0 Å². The van der Waals surface area contributed by atoms with Crippen LogP contribution in [-0.4, -0.2) is 15.8 Å². The summed E-state index contributed by atoms with van der Waals surface area (Å²) < 4.78 is 0. The number of aliphatic hydroxyl groups is 2. The van der Waals surface area contributed by atoms with Gasteiger partial charge in [0.15, 0.2) is 0 Å². The molecule has 0 amide bonds. The lowest BCUT2D eigenvalue weighted by Crippen LogP contribution is -2.17. The number of hydrogen-bond acceptors (Lipinski definition) is 2. The van der Waals surface area contributed by atoms with E-state index in [2.05, 4.69) is 36.4 Å². The summed E-state index contributed by atoms with van der Waals surface area (Å²) in [5.74, 6) is 0. The van der Waals surface area contributed by atoms with Gasteiger partial charge in [-0.15, -0.1) is 0 Å². The van der Waals surface area contributed by atoms with Crippen molar-refractivity contribution in [1.29, 1.82) is 0 Å². The maximum atomic E-state index is 9.72. The van der Waals surface area contributed by atoms with Gasteiger partial charge in [0, 0.05) is 0 Å². The summed E-state index contributed by atoms with van der Waals surface area (Å²) in [6, 6.07) is 17.1. The van der Waals surface area contributed by atoms with Crippen molar-refractivity contribution in [3.8, 4) is 0 Å². The SMILES string of the molecule is CC(C)(O)CCCCc1ccc(CCc2cccc(CO)c2)cc1. The van der Waals surface area contributed by atoms with E-state index in [-0.39, 0.29) is 6.61 Å². The molecule has 0 atom stereocenters. The Morgan fingerprint density at radius 2 is 1.33 bits per heavy atom. The molecule has 2 aromatic carbocycles. The summed E-state index contributed by atoms with van der Waals surface area (Å²) in [6.45, 7) is 3.85. The van der Waals surface area contributed by atoms with Gasteiger partial charge >= 0.3 is 0 Å². The molecule has 2 N–H and O–H groups in total. The van der Waals surface area contributed by atoms with Crippen LogP contribution < -0.4 is 0 Å². The molecule has 0 saturated carbocycles. The largest absolute Gasteiger partial charge is 0.392 e. The molecule has 0 aromatic heterocycles. The molecule has 0 aliphatic rings. The topological polar surface area (TPSA) is 40.5 Å². The second-order valence-electron chi connectivity index (χ2n) is 7.31. The molecular formula is C22H30O2. The molecule has 2 heteroatoms. The summed E-state index contributed by atoms with van der Waals surface area (Å²) in [7, 11) is 0. The quantitative estimate of drug-likeness (QED) is 0.669. The van der Waals surface area contributed by atoms with E-state index >= 15 is 0 Å². The van der Waals surface area contributed by atoms with Crippen LogP contribution in [0.1, 0.15) is 55.4 Å². The normalized spacial score (nSPS) is 11.7. The molecule has 0 bridgehead atoms. The number of benzene rings is 2. The van der Waals surface area contributed by atoms with Crippen molar-refractivity contribution in [1.82, 2.24) is 0 Å². The molecule has 130 valence electrons. The fourth-order valence-corrected chi connectivity index (χ4v) is 2.93. The third-order valence-electron chi connectivity index (χ3n) is 4.40. The molecule has 0 saturated heterocycles. The van der Waals surface area contributed by atoms with E-state index in [1.54, 1.807) is 0 Å². The average molecular weight is 326 g/mol. The molecule has 0 aliphatic heterocycles. The molecule has 0 radical (unpaired) electrons. The summed E-state index contributed by atoms with van der Waals surface area (Å²) in [5.41, 5.74) is 4.43. The van der Waals surface area contributed by atoms with Crippen LogP contribution in [0.15, 0.2) is 48.5 Å². The minimum Gasteiger partial charge on any atom is -0.392 e. The first-order valence-electron chi connectivity index (χ1n) is 8.95. The predicted octanol–water partition coefficient (Wildman–Crippen LogP) is 4.45. The van der Waals surface area contributed by atoms with E-state index in [9.17, 15) is 10.2 Å². The Bertz CT molecular complexity index is 609. The van der Waals surface area contributed by atoms with E-state index < -0.39 is 5.60 Å².